The maximum Gasteiger partial charge on any atom is 0.326 e. The molecule has 1 aliphatic rings. The molecule has 1 heterocycles. The summed E-state index contributed by atoms with van der Waals surface area (Å²) in [4.78, 5) is 35.6. The van der Waals surface area contributed by atoms with Crippen molar-refractivity contribution in [3.8, 4) is 0 Å². The first-order chi connectivity index (χ1) is 12.1. The Labute approximate surface area is 147 Å². The predicted octanol–water partition coefficient (Wildman–Crippen LogP) is -1.21. The molecule has 144 valence electrons. The van der Waals surface area contributed by atoms with Crippen molar-refractivity contribution in [3.63, 3.8) is 0 Å². The zero-order valence-electron chi connectivity index (χ0n) is 14.6. The second kappa shape index (κ2) is 12.6. The van der Waals surface area contributed by atoms with Crippen molar-refractivity contribution in [2.45, 2.75) is 25.9 Å². The molecule has 0 radical (unpaired) electrons. The summed E-state index contributed by atoms with van der Waals surface area (Å²) < 4.78 is 16.0. The fourth-order valence-electron chi connectivity index (χ4n) is 2.08. The van der Waals surface area contributed by atoms with Crippen molar-refractivity contribution < 1.29 is 28.6 Å². The van der Waals surface area contributed by atoms with Crippen LogP contribution in [0, 0.1) is 0 Å². The molecule has 1 rings (SSSR count). The van der Waals surface area contributed by atoms with Gasteiger partial charge in [0.1, 0.15) is 0 Å². The van der Waals surface area contributed by atoms with Crippen LogP contribution in [0.4, 0.5) is 4.79 Å². The first kappa shape index (κ1) is 21.3. The van der Waals surface area contributed by atoms with Gasteiger partial charge < -0.3 is 30.6 Å². The molecule has 1 saturated heterocycles. The van der Waals surface area contributed by atoms with Gasteiger partial charge in [0.05, 0.1) is 26.4 Å². The normalized spacial score (nSPS) is 17.0. The van der Waals surface area contributed by atoms with Gasteiger partial charge in [-0.15, -0.1) is 0 Å². The number of rotatable bonds is 14. The molecule has 1 aliphatic heterocycles. The Balaban J connectivity index is 1.98. The van der Waals surface area contributed by atoms with Crippen LogP contribution in [0.5, 0.6) is 0 Å². The molecule has 4 N–H and O–H groups in total. The van der Waals surface area contributed by atoms with E-state index in [-0.39, 0.29) is 12.5 Å². The molecule has 25 heavy (non-hydrogen) atoms. The topological polar surface area (TPSA) is 132 Å². The molecule has 0 saturated carbocycles. The number of carbonyl (C=O) groups is 3. The van der Waals surface area contributed by atoms with E-state index in [1.165, 1.54) is 6.92 Å². The third-order valence-corrected chi connectivity index (χ3v) is 3.28. The van der Waals surface area contributed by atoms with Gasteiger partial charge in [-0.3, -0.25) is 14.5 Å². The van der Waals surface area contributed by atoms with Crippen LogP contribution in [0.2, 0.25) is 0 Å². The molecule has 0 spiro atoms. The second-order valence-corrected chi connectivity index (χ2v) is 5.41. The highest BCUT2D eigenvalue weighted by atomic mass is 16.5. The number of hydrogen-bond acceptors (Lipinski definition) is 7. The monoisotopic (exact) mass is 360 g/mol. The lowest BCUT2D eigenvalue weighted by molar-refractivity contribution is -0.131. The smallest absolute Gasteiger partial charge is 0.326 e. The lowest BCUT2D eigenvalue weighted by Gasteiger charge is -2.13. The van der Waals surface area contributed by atoms with Gasteiger partial charge in [0, 0.05) is 26.7 Å². The highest BCUT2D eigenvalue weighted by molar-refractivity contribution is 6.05. The van der Waals surface area contributed by atoms with Gasteiger partial charge in [0.2, 0.25) is 5.91 Å². The van der Waals surface area contributed by atoms with Crippen LogP contribution in [0.15, 0.2) is 0 Å². The van der Waals surface area contributed by atoms with Gasteiger partial charge in [-0.2, -0.15) is 0 Å². The van der Waals surface area contributed by atoms with Crippen molar-refractivity contribution in [1.82, 2.24) is 15.5 Å². The minimum Gasteiger partial charge on any atom is -0.379 e. The lowest BCUT2D eigenvalue weighted by Crippen LogP contribution is -2.45. The molecular formula is C15H28N4O6. The van der Waals surface area contributed by atoms with Crippen molar-refractivity contribution >= 4 is 17.8 Å². The molecule has 0 aromatic carbocycles. The van der Waals surface area contributed by atoms with Crippen molar-refractivity contribution in [2.75, 3.05) is 52.7 Å². The van der Waals surface area contributed by atoms with Crippen LogP contribution >= 0.6 is 0 Å². The summed E-state index contributed by atoms with van der Waals surface area (Å²) in [6.07, 6.45) is 0.367. The minimum absolute atomic E-state index is 0.233. The first-order valence-electron chi connectivity index (χ1n) is 8.38. The Morgan fingerprint density at radius 3 is 2.20 bits per heavy atom. The Hall–Kier alpha value is -1.75. The molecule has 1 atom stereocenters. The van der Waals surface area contributed by atoms with Gasteiger partial charge >= 0.3 is 6.03 Å². The highest BCUT2D eigenvalue weighted by Gasteiger charge is 2.37. The van der Waals surface area contributed by atoms with Crippen molar-refractivity contribution in [3.05, 3.63) is 0 Å². The number of hydrogen-bond donors (Lipinski definition) is 3. The van der Waals surface area contributed by atoms with Crippen LogP contribution in [0.25, 0.3) is 0 Å². The fraction of sp³-hybridized carbons (Fsp3) is 0.800. The Morgan fingerprint density at radius 1 is 1.08 bits per heavy atom. The number of urea groups is 1. The lowest BCUT2D eigenvalue weighted by atomic mass is 10.4. The van der Waals surface area contributed by atoms with Gasteiger partial charge in [-0.25, -0.2) is 4.79 Å². The summed E-state index contributed by atoms with van der Waals surface area (Å²) in [5.74, 6) is -0.841. The van der Waals surface area contributed by atoms with E-state index in [1.807, 2.05) is 0 Å². The molecule has 4 amide bonds. The highest BCUT2D eigenvalue weighted by Crippen LogP contribution is 2.05. The van der Waals surface area contributed by atoms with Crippen LogP contribution in [0.1, 0.15) is 19.8 Å². The van der Waals surface area contributed by atoms with E-state index < -0.39 is 18.1 Å². The molecule has 0 aliphatic carbocycles. The molecule has 0 aromatic heterocycles. The Morgan fingerprint density at radius 2 is 1.64 bits per heavy atom. The predicted molar refractivity (Wildman–Crippen MR) is 88.6 cm³/mol. The average molecular weight is 360 g/mol. The number of imide groups is 1. The fourth-order valence-corrected chi connectivity index (χ4v) is 2.08. The first-order valence-corrected chi connectivity index (χ1v) is 8.38. The average Bonchev–Trinajstić information content (AvgIpc) is 2.82. The molecule has 10 heteroatoms. The van der Waals surface area contributed by atoms with E-state index in [9.17, 15) is 14.4 Å². The molecule has 1 unspecified atom stereocenters. The standard InChI is InChI=1S/C15H28N4O6/c1-12(20)17-13-14(21)19(15(22)18-13)5-3-7-24-9-11-25-10-8-23-6-2-4-16/h13H,2-11,16H2,1H3,(H,17,20)(H,18,22). The van der Waals surface area contributed by atoms with E-state index in [0.717, 1.165) is 11.3 Å². The van der Waals surface area contributed by atoms with Gasteiger partial charge in [-0.1, -0.05) is 0 Å². The van der Waals surface area contributed by atoms with E-state index in [1.54, 1.807) is 0 Å². The summed E-state index contributed by atoms with van der Waals surface area (Å²) in [7, 11) is 0. The quantitative estimate of drug-likeness (QED) is 0.261. The van der Waals surface area contributed by atoms with Crippen molar-refractivity contribution in [1.29, 1.82) is 0 Å². The maximum atomic E-state index is 11.9. The zero-order chi connectivity index (χ0) is 18.5. The number of ether oxygens (including phenoxy) is 3. The number of nitrogens with one attached hydrogen (secondary N) is 2. The number of amides is 4. The Kier molecular flexibility index (Phi) is 10.7. The minimum atomic E-state index is -0.980. The number of nitrogens with two attached hydrogens (primary N) is 1. The molecule has 1 fully saturated rings. The second-order valence-electron chi connectivity index (χ2n) is 5.41. The van der Waals surface area contributed by atoms with Crippen LogP contribution in [-0.4, -0.2) is 81.6 Å². The molecule has 0 bridgehead atoms. The van der Waals surface area contributed by atoms with Gasteiger partial charge in [0.25, 0.3) is 5.91 Å². The van der Waals surface area contributed by atoms with Crippen LogP contribution < -0.4 is 16.4 Å². The van der Waals surface area contributed by atoms with E-state index >= 15 is 0 Å². The third-order valence-electron chi connectivity index (χ3n) is 3.28. The molecule has 10 nitrogen and oxygen atoms in total. The summed E-state index contributed by atoms with van der Waals surface area (Å²) in [6, 6.07) is -0.512. The summed E-state index contributed by atoms with van der Waals surface area (Å²) in [5.41, 5.74) is 5.34. The SMILES string of the molecule is CC(=O)NC1NC(=O)N(CCCOCCOCCOCCCN)C1=O. The summed E-state index contributed by atoms with van der Waals surface area (Å²) in [6.45, 7) is 5.09. The zero-order valence-corrected chi connectivity index (χ0v) is 14.6. The van der Waals surface area contributed by atoms with E-state index in [4.69, 9.17) is 19.9 Å². The van der Waals surface area contributed by atoms with E-state index in [2.05, 4.69) is 10.6 Å². The van der Waals surface area contributed by atoms with Gasteiger partial charge in [0.15, 0.2) is 6.17 Å². The number of carbonyl (C=O) groups excluding carboxylic acids is 3. The summed E-state index contributed by atoms with van der Waals surface area (Å²) in [5, 5.41) is 4.78. The van der Waals surface area contributed by atoms with Crippen molar-refractivity contribution in [2.24, 2.45) is 5.73 Å². The maximum absolute atomic E-state index is 11.9. The summed E-state index contributed by atoms with van der Waals surface area (Å²) >= 11 is 0. The van der Waals surface area contributed by atoms with Crippen LogP contribution in [-0.2, 0) is 23.8 Å². The Bertz CT molecular complexity index is 434. The largest absolute Gasteiger partial charge is 0.379 e. The van der Waals surface area contributed by atoms with Crippen LogP contribution in [0.3, 0.4) is 0 Å². The number of nitrogens with zero attached hydrogens (tertiary/aromatic N) is 1. The van der Waals surface area contributed by atoms with E-state index in [0.29, 0.717) is 52.6 Å². The molecule has 0 aromatic rings. The third kappa shape index (κ3) is 8.77. The molecular weight excluding hydrogens is 332 g/mol. The van der Waals surface area contributed by atoms with Gasteiger partial charge in [-0.05, 0) is 19.4 Å².